The Morgan fingerprint density at radius 2 is 1.91 bits per heavy atom. The molecular formula is C23H22F5NO4S. The number of aromatic carboxylic acids is 1. The maximum atomic E-state index is 14.5. The van der Waals surface area contributed by atoms with Gasteiger partial charge in [0.25, 0.3) is 5.92 Å². The summed E-state index contributed by atoms with van der Waals surface area (Å²) in [6.45, 7) is 0.402. The van der Waals surface area contributed by atoms with E-state index in [1.807, 2.05) is 0 Å². The van der Waals surface area contributed by atoms with Gasteiger partial charge in [-0.05, 0) is 37.1 Å². The molecule has 1 N–H and O–H groups in total. The molecule has 34 heavy (non-hydrogen) atoms. The second kappa shape index (κ2) is 10.5. The third-order valence-electron chi connectivity index (χ3n) is 5.31. The molecule has 0 aliphatic carbocycles. The Morgan fingerprint density at radius 3 is 2.59 bits per heavy atom. The fraction of sp³-hybridized carbons (Fsp3) is 0.391. The highest BCUT2D eigenvalue weighted by atomic mass is 32.1. The van der Waals surface area contributed by atoms with E-state index in [1.165, 1.54) is 23.1 Å². The maximum absolute atomic E-state index is 14.5. The van der Waals surface area contributed by atoms with Crippen LogP contribution in [0.3, 0.4) is 0 Å². The summed E-state index contributed by atoms with van der Waals surface area (Å²) in [5.74, 6) is -4.53. The average molecular weight is 503 g/mol. The van der Waals surface area contributed by atoms with Crippen molar-refractivity contribution in [1.82, 2.24) is 4.90 Å². The molecule has 0 spiro atoms. The molecule has 1 aromatic heterocycles. The molecule has 1 aliphatic heterocycles. The molecule has 2 heterocycles. The van der Waals surface area contributed by atoms with Gasteiger partial charge in [-0.1, -0.05) is 24.3 Å². The lowest BCUT2D eigenvalue weighted by Crippen LogP contribution is -2.45. The second-order valence-corrected chi connectivity index (χ2v) is 8.92. The SMILES string of the molecule is O=C(O)c1ccc(CCCN2C(=O)OCC[C@@H]2/C=C/CC(F)(F)c2cccc(C(F)(F)F)c2)s1. The zero-order valence-corrected chi connectivity index (χ0v) is 18.7. The lowest BCUT2D eigenvalue weighted by molar-refractivity contribution is -0.137. The van der Waals surface area contributed by atoms with Crippen molar-refractivity contribution in [2.75, 3.05) is 13.2 Å². The lowest BCUT2D eigenvalue weighted by Gasteiger charge is -2.33. The van der Waals surface area contributed by atoms with Gasteiger partial charge in [-0.3, -0.25) is 0 Å². The van der Waals surface area contributed by atoms with Crippen molar-refractivity contribution in [2.24, 2.45) is 0 Å². The van der Waals surface area contributed by atoms with E-state index in [0.29, 0.717) is 25.3 Å². The van der Waals surface area contributed by atoms with Crippen LogP contribution in [-0.2, 0) is 23.3 Å². The van der Waals surface area contributed by atoms with Crippen LogP contribution in [0.25, 0.3) is 0 Å². The molecule has 11 heteroatoms. The van der Waals surface area contributed by atoms with E-state index in [0.717, 1.165) is 34.4 Å². The van der Waals surface area contributed by atoms with Crippen molar-refractivity contribution in [3.8, 4) is 0 Å². The molecule has 1 atom stereocenters. The molecule has 1 aliphatic rings. The van der Waals surface area contributed by atoms with Crippen molar-refractivity contribution in [2.45, 2.75) is 43.8 Å². The highest BCUT2D eigenvalue weighted by molar-refractivity contribution is 7.13. The maximum Gasteiger partial charge on any atom is 0.416 e. The predicted molar refractivity (Wildman–Crippen MR) is 115 cm³/mol. The minimum atomic E-state index is -4.72. The number of amides is 1. The number of ether oxygens (including phenoxy) is 1. The number of hydrogen-bond donors (Lipinski definition) is 1. The van der Waals surface area contributed by atoms with Gasteiger partial charge in [0.1, 0.15) is 4.88 Å². The van der Waals surface area contributed by atoms with Gasteiger partial charge in [0.15, 0.2) is 0 Å². The van der Waals surface area contributed by atoms with Gasteiger partial charge in [0.05, 0.1) is 18.2 Å². The van der Waals surface area contributed by atoms with Gasteiger partial charge in [0, 0.05) is 29.8 Å². The molecule has 184 valence electrons. The summed E-state index contributed by atoms with van der Waals surface area (Å²) in [6.07, 6.45) is -2.05. The summed E-state index contributed by atoms with van der Waals surface area (Å²) in [6, 6.07) is 5.80. The molecule has 2 aromatic rings. The van der Waals surface area contributed by atoms with Crippen LogP contribution in [0.15, 0.2) is 48.6 Å². The largest absolute Gasteiger partial charge is 0.477 e. The number of carboxylic acids is 1. The topological polar surface area (TPSA) is 66.8 Å². The summed E-state index contributed by atoms with van der Waals surface area (Å²) in [4.78, 5) is 25.6. The van der Waals surface area contributed by atoms with E-state index in [4.69, 9.17) is 9.84 Å². The van der Waals surface area contributed by atoms with Crippen LogP contribution in [0, 0.1) is 0 Å². The number of rotatable bonds is 9. The van der Waals surface area contributed by atoms with Crippen molar-refractivity contribution < 1.29 is 41.4 Å². The molecule has 1 fully saturated rings. The zero-order valence-electron chi connectivity index (χ0n) is 17.9. The van der Waals surface area contributed by atoms with Crippen LogP contribution >= 0.6 is 11.3 Å². The van der Waals surface area contributed by atoms with Gasteiger partial charge in [-0.2, -0.15) is 13.2 Å². The molecule has 1 saturated heterocycles. The second-order valence-electron chi connectivity index (χ2n) is 7.75. The van der Waals surface area contributed by atoms with E-state index in [1.54, 1.807) is 6.07 Å². The first-order valence-corrected chi connectivity index (χ1v) is 11.3. The van der Waals surface area contributed by atoms with Gasteiger partial charge in [0.2, 0.25) is 0 Å². The molecule has 1 aromatic carbocycles. The number of nitrogens with zero attached hydrogens (tertiary/aromatic N) is 1. The van der Waals surface area contributed by atoms with E-state index in [-0.39, 0.29) is 18.0 Å². The molecule has 0 radical (unpaired) electrons. The first-order chi connectivity index (χ1) is 16.0. The third-order valence-corrected chi connectivity index (χ3v) is 6.45. The standard InChI is InChI=1S/C23H22F5NO4S/c24-22(25,15-4-1-5-16(14-15)23(26,27)28)11-2-6-17-10-13-33-21(32)29(17)12-3-7-18-8-9-19(34-18)20(30)31/h1-2,4-6,8-9,14,17H,3,7,10-13H2,(H,30,31)/b6-2+/t17-/m0/s1. The number of carboxylic acid groups (broad SMARTS) is 1. The first kappa shape index (κ1) is 25.7. The summed E-state index contributed by atoms with van der Waals surface area (Å²) < 4.78 is 72.6. The van der Waals surface area contributed by atoms with E-state index in [2.05, 4.69) is 0 Å². The molecular weight excluding hydrogens is 481 g/mol. The van der Waals surface area contributed by atoms with Crippen LogP contribution in [0.4, 0.5) is 26.7 Å². The number of benzene rings is 1. The van der Waals surface area contributed by atoms with E-state index in [9.17, 15) is 31.5 Å². The number of carbonyl (C=O) groups is 2. The Hall–Kier alpha value is -2.95. The number of alkyl halides is 5. The molecule has 0 unspecified atom stereocenters. The average Bonchev–Trinajstić information content (AvgIpc) is 3.24. The zero-order chi connectivity index (χ0) is 24.9. The van der Waals surface area contributed by atoms with E-state index < -0.39 is 47.8 Å². The summed E-state index contributed by atoms with van der Waals surface area (Å²) in [7, 11) is 0. The smallest absolute Gasteiger partial charge is 0.416 e. The van der Waals surface area contributed by atoms with Gasteiger partial charge in [-0.25, -0.2) is 18.4 Å². The monoisotopic (exact) mass is 503 g/mol. The van der Waals surface area contributed by atoms with Crippen LogP contribution in [0.5, 0.6) is 0 Å². The Bertz CT molecular complexity index is 1050. The predicted octanol–water partition coefficient (Wildman–Crippen LogP) is 6.35. The van der Waals surface area contributed by atoms with Crippen molar-refractivity contribution in [1.29, 1.82) is 0 Å². The number of cyclic esters (lactones) is 1. The number of allylic oxidation sites excluding steroid dienone is 1. The third kappa shape index (κ3) is 6.55. The summed E-state index contributed by atoms with van der Waals surface area (Å²) in [5, 5.41) is 8.99. The van der Waals surface area contributed by atoms with Crippen molar-refractivity contribution >= 4 is 23.4 Å². The minimum absolute atomic E-state index is 0.126. The highest BCUT2D eigenvalue weighted by Crippen LogP contribution is 2.36. The summed E-state index contributed by atoms with van der Waals surface area (Å²) in [5.41, 5.74) is -1.88. The number of hydrogen-bond acceptors (Lipinski definition) is 4. The Labute approximate surface area is 196 Å². The molecule has 3 rings (SSSR count). The van der Waals surface area contributed by atoms with Crippen LogP contribution in [0.1, 0.15) is 44.9 Å². The Morgan fingerprint density at radius 1 is 1.18 bits per heavy atom. The molecule has 0 saturated carbocycles. The molecule has 5 nitrogen and oxygen atoms in total. The fourth-order valence-corrected chi connectivity index (χ4v) is 4.45. The van der Waals surface area contributed by atoms with Gasteiger partial charge >= 0.3 is 18.2 Å². The van der Waals surface area contributed by atoms with E-state index >= 15 is 0 Å². The van der Waals surface area contributed by atoms with Gasteiger partial charge in [-0.15, -0.1) is 11.3 Å². The van der Waals surface area contributed by atoms with Crippen LogP contribution < -0.4 is 0 Å². The normalized spacial score (nSPS) is 17.3. The number of aryl methyl sites for hydroxylation is 1. The number of carbonyl (C=O) groups excluding carboxylic acids is 1. The molecule has 1 amide bonds. The quantitative estimate of drug-likeness (QED) is 0.320. The minimum Gasteiger partial charge on any atom is -0.477 e. The highest BCUT2D eigenvalue weighted by Gasteiger charge is 2.35. The lowest BCUT2D eigenvalue weighted by atomic mass is 10.0. The van der Waals surface area contributed by atoms with Crippen molar-refractivity contribution in [3.63, 3.8) is 0 Å². The molecule has 0 bridgehead atoms. The van der Waals surface area contributed by atoms with Crippen LogP contribution in [-0.4, -0.2) is 41.3 Å². The Balaban J connectivity index is 1.61. The fourth-order valence-electron chi connectivity index (χ4n) is 3.56. The van der Waals surface area contributed by atoms with Gasteiger partial charge < -0.3 is 14.7 Å². The first-order valence-electron chi connectivity index (χ1n) is 10.4. The number of halogens is 5. The summed E-state index contributed by atoms with van der Waals surface area (Å²) >= 11 is 1.14. The Kier molecular flexibility index (Phi) is 7.96. The van der Waals surface area contributed by atoms with Crippen molar-refractivity contribution in [3.05, 3.63) is 69.4 Å². The van der Waals surface area contributed by atoms with Crippen LogP contribution in [0.2, 0.25) is 0 Å². The number of thiophene rings is 1.